The number of anilines is 1. The maximum atomic E-state index is 8.47. The predicted molar refractivity (Wildman–Crippen MR) is 53.7 cm³/mol. The van der Waals surface area contributed by atoms with Gasteiger partial charge < -0.3 is 10.4 Å². The van der Waals surface area contributed by atoms with Gasteiger partial charge in [-0.2, -0.15) is 0 Å². The molecule has 0 amide bonds. The molecule has 0 fully saturated rings. The van der Waals surface area contributed by atoms with E-state index in [1.54, 1.807) is 0 Å². The van der Waals surface area contributed by atoms with Gasteiger partial charge in [0.15, 0.2) is 0 Å². The first-order chi connectivity index (χ1) is 6.35. The molecule has 0 aliphatic heterocycles. The molecule has 72 valence electrons. The molecule has 0 saturated carbocycles. The van der Waals surface area contributed by atoms with Crippen molar-refractivity contribution in [3.63, 3.8) is 0 Å². The van der Waals surface area contributed by atoms with Crippen LogP contribution in [0.4, 0.5) is 5.69 Å². The molecule has 2 N–H and O–H groups in total. The van der Waals surface area contributed by atoms with Crippen molar-refractivity contribution in [1.82, 2.24) is 0 Å². The molecule has 5 heteroatoms. The Hall–Kier alpha value is 0.443. The van der Waals surface area contributed by atoms with Gasteiger partial charge >= 0.3 is 37.9 Å². The van der Waals surface area contributed by atoms with Gasteiger partial charge in [0.25, 0.3) is 0 Å². The number of aliphatic hydroxyl groups is 1. The van der Waals surface area contributed by atoms with Crippen LogP contribution in [0.3, 0.4) is 0 Å². The fourth-order valence-corrected chi connectivity index (χ4v) is 0.756. The standard InChI is InChI=1S/C8H11NO.2ClH.Zr/c10-7-6-9-8-4-2-1-3-5-8;;;/h1-5,9-10H,6-7H2;2*1H;/q;;;+2/p-2. The number of rotatable bonds is 3. The van der Waals surface area contributed by atoms with Crippen LogP contribution in [0.15, 0.2) is 30.3 Å². The average Bonchev–Trinajstić information content (AvgIpc) is 2.18. The summed E-state index contributed by atoms with van der Waals surface area (Å²) in [6.07, 6.45) is 0. The van der Waals surface area contributed by atoms with Gasteiger partial charge in [0, 0.05) is 12.2 Å². The molecule has 13 heavy (non-hydrogen) atoms. The molecule has 2 nitrogen and oxygen atoms in total. The maximum absolute atomic E-state index is 8.47. The zero-order valence-corrected chi connectivity index (χ0v) is 11.0. The molecule has 1 rings (SSSR count). The van der Waals surface area contributed by atoms with Crippen molar-refractivity contribution in [2.45, 2.75) is 0 Å². The van der Waals surface area contributed by atoms with Crippen LogP contribution in [0.25, 0.3) is 0 Å². The van der Waals surface area contributed by atoms with Crippen molar-refractivity contribution in [2.75, 3.05) is 18.5 Å². The van der Waals surface area contributed by atoms with Gasteiger partial charge in [-0.3, -0.25) is 0 Å². The Bertz CT molecular complexity index is 199. The third kappa shape index (κ3) is 8.76. The number of para-hydroxylation sites is 1. The van der Waals surface area contributed by atoms with Crippen molar-refractivity contribution in [1.29, 1.82) is 0 Å². The number of hydrogen-bond donors (Lipinski definition) is 2. The molecule has 0 aliphatic carbocycles. The third-order valence-corrected chi connectivity index (χ3v) is 1.21. The van der Waals surface area contributed by atoms with Crippen LogP contribution in [-0.4, -0.2) is 18.3 Å². The van der Waals surface area contributed by atoms with Gasteiger partial charge in [-0.1, -0.05) is 18.2 Å². The molecule has 0 atom stereocenters. The van der Waals surface area contributed by atoms with E-state index < -0.39 is 20.8 Å². The summed E-state index contributed by atoms with van der Waals surface area (Å²) in [5, 5.41) is 11.5. The van der Waals surface area contributed by atoms with Crippen molar-refractivity contribution in [3.8, 4) is 0 Å². The average molecular weight is 299 g/mol. The Labute approximate surface area is 96.9 Å². The van der Waals surface area contributed by atoms with Gasteiger partial charge in [0.1, 0.15) is 0 Å². The Morgan fingerprint density at radius 3 is 2.23 bits per heavy atom. The number of hydrogen-bond acceptors (Lipinski definition) is 2. The second kappa shape index (κ2) is 10.5. The van der Waals surface area contributed by atoms with E-state index in [4.69, 9.17) is 22.1 Å². The fraction of sp³-hybridized carbons (Fsp3) is 0.250. The van der Waals surface area contributed by atoms with E-state index in [0.29, 0.717) is 6.54 Å². The number of nitrogens with one attached hydrogen (secondary N) is 1. The SMILES string of the molecule is OCCNc1ccccc1.[Cl][Zr][Cl]. The second-order valence-electron chi connectivity index (χ2n) is 2.09. The summed E-state index contributed by atoms with van der Waals surface area (Å²) >= 11 is -0.826. The summed E-state index contributed by atoms with van der Waals surface area (Å²) < 4.78 is 0. The van der Waals surface area contributed by atoms with Crippen LogP contribution in [-0.2, 0) is 20.8 Å². The molecule has 0 heterocycles. The molecule has 1 aromatic carbocycles. The molecule has 0 unspecified atom stereocenters. The zero-order valence-electron chi connectivity index (χ0n) is 7.00. The summed E-state index contributed by atoms with van der Waals surface area (Å²) in [6, 6.07) is 9.81. The molecule has 1 aromatic rings. The van der Waals surface area contributed by atoms with E-state index in [-0.39, 0.29) is 6.61 Å². The van der Waals surface area contributed by atoms with Gasteiger partial charge in [-0.25, -0.2) is 0 Å². The summed E-state index contributed by atoms with van der Waals surface area (Å²) in [5.74, 6) is 0. The topological polar surface area (TPSA) is 32.3 Å². The molecular formula is C8H11Cl2NOZr. The van der Waals surface area contributed by atoms with Crippen LogP contribution in [0.5, 0.6) is 0 Å². The first-order valence-corrected chi connectivity index (χ1v) is 10.0. The van der Waals surface area contributed by atoms with Gasteiger partial charge in [-0.15, -0.1) is 0 Å². The molecule has 0 bridgehead atoms. The fourth-order valence-electron chi connectivity index (χ4n) is 0.756. The van der Waals surface area contributed by atoms with Crippen molar-refractivity contribution in [3.05, 3.63) is 30.3 Å². The molecular weight excluding hydrogens is 288 g/mol. The second-order valence-corrected chi connectivity index (χ2v) is 5.82. The summed E-state index contributed by atoms with van der Waals surface area (Å²) in [6.45, 7) is 0.791. The Balaban J connectivity index is 0.000000424. The van der Waals surface area contributed by atoms with E-state index in [1.165, 1.54) is 0 Å². The quantitative estimate of drug-likeness (QED) is 0.898. The molecule has 0 spiro atoms. The summed E-state index contributed by atoms with van der Waals surface area (Å²) in [5.41, 5.74) is 1.05. The Kier molecular flexibility index (Phi) is 10.9. The van der Waals surface area contributed by atoms with Crippen LogP contribution in [0.2, 0.25) is 0 Å². The molecule has 0 aliphatic rings. The summed E-state index contributed by atoms with van der Waals surface area (Å²) in [7, 11) is 9.87. The monoisotopic (exact) mass is 297 g/mol. The van der Waals surface area contributed by atoms with Gasteiger partial charge in [-0.05, 0) is 12.1 Å². The molecule has 0 radical (unpaired) electrons. The minimum absolute atomic E-state index is 0.175. The normalized spacial score (nSPS) is 8.23. The van der Waals surface area contributed by atoms with Crippen molar-refractivity contribution in [2.24, 2.45) is 0 Å². The summed E-state index contributed by atoms with van der Waals surface area (Å²) in [4.78, 5) is 0. The van der Waals surface area contributed by atoms with E-state index in [1.807, 2.05) is 30.3 Å². The van der Waals surface area contributed by atoms with Crippen molar-refractivity contribution < 1.29 is 26.0 Å². The van der Waals surface area contributed by atoms with Gasteiger partial charge in [0.05, 0.1) is 6.61 Å². The zero-order chi connectivity index (χ0) is 9.94. The molecule has 0 aromatic heterocycles. The third-order valence-electron chi connectivity index (χ3n) is 1.21. The van der Waals surface area contributed by atoms with Crippen LogP contribution in [0.1, 0.15) is 0 Å². The number of benzene rings is 1. The van der Waals surface area contributed by atoms with Crippen molar-refractivity contribution >= 4 is 22.7 Å². The van der Waals surface area contributed by atoms with E-state index in [0.717, 1.165) is 5.69 Å². The van der Waals surface area contributed by atoms with E-state index in [2.05, 4.69) is 5.32 Å². The predicted octanol–water partition coefficient (Wildman–Crippen LogP) is 2.47. The van der Waals surface area contributed by atoms with Crippen LogP contribution < -0.4 is 5.32 Å². The van der Waals surface area contributed by atoms with Crippen LogP contribution in [0, 0.1) is 0 Å². The number of halogens is 2. The van der Waals surface area contributed by atoms with E-state index >= 15 is 0 Å². The van der Waals surface area contributed by atoms with Gasteiger partial charge in [0.2, 0.25) is 0 Å². The van der Waals surface area contributed by atoms with Crippen LogP contribution >= 0.6 is 17.0 Å². The first kappa shape index (κ1) is 13.4. The first-order valence-electron chi connectivity index (χ1n) is 3.71. The number of aliphatic hydroxyl groups excluding tert-OH is 1. The Morgan fingerprint density at radius 1 is 1.23 bits per heavy atom. The minimum atomic E-state index is -0.826. The Morgan fingerprint density at radius 2 is 1.77 bits per heavy atom. The van der Waals surface area contributed by atoms with E-state index in [9.17, 15) is 0 Å². The molecule has 0 saturated heterocycles.